The van der Waals surface area contributed by atoms with Crippen LogP contribution in [-0.2, 0) is 16.3 Å². The highest BCUT2D eigenvalue weighted by Gasteiger charge is 2.28. The zero-order valence-electron chi connectivity index (χ0n) is 14.3. The Kier molecular flexibility index (Phi) is 6.30. The van der Waals surface area contributed by atoms with Crippen LogP contribution < -0.4 is 20.1 Å². The van der Waals surface area contributed by atoms with Gasteiger partial charge in [-0.3, -0.25) is 4.99 Å². The summed E-state index contributed by atoms with van der Waals surface area (Å²) < 4.78 is 33.5. The largest absolute Gasteiger partial charge is 0.493 e. The van der Waals surface area contributed by atoms with E-state index in [1.165, 1.54) is 0 Å². The number of ether oxygens (including phenoxy) is 2. The number of hydrogen-bond donors (Lipinski definition) is 2. The third kappa shape index (κ3) is 5.02. The Bertz CT molecular complexity index is 689. The average Bonchev–Trinajstić information content (AvgIpc) is 2.92. The van der Waals surface area contributed by atoms with Crippen molar-refractivity contribution in [3.8, 4) is 11.5 Å². The third-order valence-corrected chi connectivity index (χ3v) is 5.72. The smallest absolute Gasteiger partial charge is 0.191 e. The summed E-state index contributed by atoms with van der Waals surface area (Å²) in [4.78, 5) is 4.15. The van der Waals surface area contributed by atoms with Gasteiger partial charge in [0.1, 0.15) is 0 Å². The van der Waals surface area contributed by atoms with Gasteiger partial charge in [0.25, 0.3) is 0 Å². The lowest BCUT2D eigenvalue weighted by atomic mass is 10.1. The quantitative estimate of drug-likeness (QED) is 0.574. The third-order valence-electron chi connectivity index (χ3n) is 3.95. The number of hydrogen-bond acceptors (Lipinski definition) is 5. The highest BCUT2D eigenvalue weighted by molar-refractivity contribution is 7.91. The van der Waals surface area contributed by atoms with Gasteiger partial charge < -0.3 is 20.1 Å². The zero-order chi connectivity index (χ0) is 17.6. The number of sulfone groups is 1. The van der Waals surface area contributed by atoms with Crippen molar-refractivity contribution in [1.29, 1.82) is 0 Å². The van der Waals surface area contributed by atoms with Gasteiger partial charge >= 0.3 is 0 Å². The minimum atomic E-state index is -2.90. The van der Waals surface area contributed by atoms with Crippen molar-refractivity contribution in [3.05, 3.63) is 23.8 Å². The molecular formula is C16H25N3O4S. The van der Waals surface area contributed by atoms with E-state index in [4.69, 9.17) is 9.47 Å². The van der Waals surface area contributed by atoms with Gasteiger partial charge in [0.15, 0.2) is 27.3 Å². The Balaban J connectivity index is 1.84. The fourth-order valence-electron chi connectivity index (χ4n) is 2.66. The molecule has 1 saturated heterocycles. The van der Waals surface area contributed by atoms with Crippen molar-refractivity contribution < 1.29 is 17.9 Å². The van der Waals surface area contributed by atoms with Gasteiger partial charge in [-0.05, 0) is 30.5 Å². The highest BCUT2D eigenvalue weighted by atomic mass is 32.2. The highest BCUT2D eigenvalue weighted by Crippen LogP contribution is 2.27. The molecular weight excluding hydrogens is 330 g/mol. The van der Waals surface area contributed by atoms with Crippen molar-refractivity contribution in [3.63, 3.8) is 0 Å². The van der Waals surface area contributed by atoms with Crippen LogP contribution in [0.25, 0.3) is 0 Å². The molecule has 1 aromatic rings. The molecule has 0 aliphatic carbocycles. The molecule has 0 amide bonds. The molecule has 0 aromatic heterocycles. The lowest BCUT2D eigenvalue weighted by Gasteiger charge is -2.16. The summed E-state index contributed by atoms with van der Waals surface area (Å²) in [5.74, 6) is 2.44. The molecule has 1 fully saturated rings. The first kappa shape index (κ1) is 18.4. The molecule has 0 radical (unpaired) electrons. The normalized spacial score (nSPS) is 19.8. The van der Waals surface area contributed by atoms with Crippen LogP contribution in [0.4, 0.5) is 0 Å². The molecule has 1 aliphatic rings. The van der Waals surface area contributed by atoms with Crippen LogP contribution in [0, 0.1) is 0 Å². The SMILES string of the molecule is CN=C(NCCc1ccc(OC)c(OC)c1)NC1CCS(=O)(=O)C1. The van der Waals surface area contributed by atoms with Gasteiger partial charge in [-0.1, -0.05) is 6.07 Å². The van der Waals surface area contributed by atoms with Gasteiger partial charge in [-0.25, -0.2) is 8.42 Å². The average molecular weight is 355 g/mol. The Morgan fingerprint density at radius 1 is 1.29 bits per heavy atom. The second-order valence-electron chi connectivity index (χ2n) is 5.68. The Morgan fingerprint density at radius 3 is 2.62 bits per heavy atom. The van der Waals surface area contributed by atoms with E-state index in [0.717, 1.165) is 12.0 Å². The van der Waals surface area contributed by atoms with E-state index in [0.29, 0.717) is 30.4 Å². The first-order valence-corrected chi connectivity index (χ1v) is 9.68. The summed E-state index contributed by atoms with van der Waals surface area (Å²) in [6.45, 7) is 0.675. The van der Waals surface area contributed by atoms with Crippen LogP contribution >= 0.6 is 0 Å². The number of methoxy groups -OCH3 is 2. The van der Waals surface area contributed by atoms with E-state index in [-0.39, 0.29) is 17.5 Å². The molecule has 8 heteroatoms. The predicted octanol–water partition coefficient (Wildman–Crippen LogP) is 0.598. The number of nitrogens with one attached hydrogen (secondary N) is 2. The molecule has 0 saturated carbocycles. The lowest BCUT2D eigenvalue weighted by molar-refractivity contribution is 0.354. The van der Waals surface area contributed by atoms with E-state index in [1.54, 1.807) is 21.3 Å². The van der Waals surface area contributed by atoms with Crippen molar-refractivity contribution in [1.82, 2.24) is 10.6 Å². The summed E-state index contributed by atoms with van der Waals surface area (Å²) in [6, 6.07) is 5.75. The molecule has 1 aromatic carbocycles. The molecule has 0 bridgehead atoms. The summed E-state index contributed by atoms with van der Waals surface area (Å²) in [7, 11) is 2.00. The van der Waals surface area contributed by atoms with Gasteiger partial charge in [-0.2, -0.15) is 0 Å². The first-order valence-electron chi connectivity index (χ1n) is 7.86. The number of benzene rings is 1. The molecule has 1 unspecified atom stereocenters. The molecule has 24 heavy (non-hydrogen) atoms. The Hall–Kier alpha value is -1.96. The molecule has 1 aliphatic heterocycles. The van der Waals surface area contributed by atoms with Crippen LogP contribution in [0.1, 0.15) is 12.0 Å². The summed E-state index contributed by atoms with van der Waals surface area (Å²) in [6.07, 6.45) is 1.41. The maximum Gasteiger partial charge on any atom is 0.191 e. The molecule has 2 rings (SSSR count). The van der Waals surface area contributed by atoms with Crippen molar-refractivity contribution in [2.75, 3.05) is 39.3 Å². The minimum Gasteiger partial charge on any atom is -0.493 e. The first-order chi connectivity index (χ1) is 11.5. The van der Waals surface area contributed by atoms with Crippen LogP contribution in [0.15, 0.2) is 23.2 Å². The van der Waals surface area contributed by atoms with Gasteiger partial charge in [-0.15, -0.1) is 0 Å². The summed E-state index contributed by atoms with van der Waals surface area (Å²) in [5.41, 5.74) is 1.11. The van der Waals surface area contributed by atoms with Gasteiger partial charge in [0.2, 0.25) is 0 Å². The molecule has 7 nitrogen and oxygen atoms in total. The van der Waals surface area contributed by atoms with Crippen LogP contribution in [0.5, 0.6) is 11.5 Å². The van der Waals surface area contributed by atoms with Crippen LogP contribution in [0.2, 0.25) is 0 Å². The van der Waals surface area contributed by atoms with Crippen molar-refractivity contribution in [2.45, 2.75) is 18.9 Å². The lowest BCUT2D eigenvalue weighted by Crippen LogP contribution is -2.44. The predicted molar refractivity (Wildman–Crippen MR) is 94.8 cm³/mol. The van der Waals surface area contributed by atoms with E-state index >= 15 is 0 Å². The van der Waals surface area contributed by atoms with Crippen LogP contribution in [0.3, 0.4) is 0 Å². The van der Waals surface area contributed by atoms with Gasteiger partial charge in [0.05, 0.1) is 25.7 Å². The van der Waals surface area contributed by atoms with E-state index in [1.807, 2.05) is 18.2 Å². The molecule has 0 spiro atoms. The molecule has 1 atom stereocenters. The van der Waals surface area contributed by atoms with E-state index in [9.17, 15) is 8.42 Å². The Labute approximate surface area is 143 Å². The van der Waals surface area contributed by atoms with E-state index < -0.39 is 9.84 Å². The van der Waals surface area contributed by atoms with Crippen LogP contribution in [-0.4, -0.2) is 59.7 Å². The molecule has 2 N–H and O–H groups in total. The van der Waals surface area contributed by atoms with Crippen molar-refractivity contribution in [2.24, 2.45) is 4.99 Å². The maximum atomic E-state index is 11.5. The summed E-state index contributed by atoms with van der Waals surface area (Å²) >= 11 is 0. The molecule has 134 valence electrons. The fourth-order valence-corrected chi connectivity index (χ4v) is 4.33. The number of rotatable bonds is 6. The van der Waals surface area contributed by atoms with Crippen molar-refractivity contribution >= 4 is 15.8 Å². The second-order valence-corrected chi connectivity index (χ2v) is 7.91. The zero-order valence-corrected chi connectivity index (χ0v) is 15.1. The molecule has 1 heterocycles. The number of guanidine groups is 1. The van der Waals surface area contributed by atoms with E-state index in [2.05, 4.69) is 15.6 Å². The second kappa shape index (κ2) is 8.23. The van der Waals surface area contributed by atoms with Gasteiger partial charge in [0, 0.05) is 19.6 Å². The summed E-state index contributed by atoms with van der Waals surface area (Å²) in [5, 5.41) is 6.37. The standard InChI is InChI=1S/C16H25N3O4S/c1-17-16(19-13-7-9-24(20,21)11-13)18-8-6-12-4-5-14(22-2)15(10-12)23-3/h4-5,10,13H,6-9,11H2,1-3H3,(H2,17,18,19). The number of nitrogens with zero attached hydrogens (tertiary/aromatic N) is 1. The monoisotopic (exact) mass is 355 g/mol. The number of aliphatic imine (C=N–C) groups is 1. The maximum absolute atomic E-state index is 11.5. The Morgan fingerprint density at radius 2 is 2.04 bits per heavy atom. The topological polar surface area (TPSA) is 89.0 Å². The minimum absolute atomic E-state index is 0.0673. The fraction of sp³-hybridized carbons (Fsp3) is 0.562.